The molecule has 1 atom stereocenters. The van der Waals surface area contributed by atoms with E-state index in [1.165, 1.54) is 0 Å². The topological polar surface area (TPSA) is 58.5 Å². The number of anilines is 1. The van der Waals surface area contributed by atoms with E-state index < -0.39 is 0 Å². The first kappa shape index (κ1) is 13.5. The van der Waals surface area contributed by atoms with Crippen LogP contribution < -0.4 is 4.90 Å². The highest BCUT2D eigenvalue weighted by Crippen LogP contribution is 2.21. The molecule has 1 aromatic rings. The number of ether oxygens (including phenoxy) is 1. The van der Waals surface area contributed by atoms with Crippen LogP contribution in [0.2, 0.25) is 5.15 Å². The van der Waals surface area contributed by atoms with Gasteiger partial charge in [0.2, 0.25) is 0 Å². The van der Waals surface area contributed by atoms with Crippen LogP contribution in [0.3, 0.4) is 0 Å². The molecule has 6 heteroatoms. The quantitative estimate of drug-likeness (QED) is 0.844. The molecule has 0 amide bonds. The van der Waals surface area contributed by atoms with E-state index >= 15 is 0 Å². The highest BCUT2D eigenvalue weighted by Gasteiger charge is 2.22. The number of aromatic nitrogens is 2. The van der Waals surface area contributed by atoms with Crippen molar-refractivity contribution in [1.29, 1.82) is 0 Å². The standard InChI is InChI=1S/C12H18ClN3O2/c1-8(2)12-14-10(13)5-11(15-12)16-3-4-18-9(6-16)7-17/h5,8-9,17H,3-4,6-7H2,1-2H3. The molecule has 1 aliphatic heterocycles. The molecule has 2 heterocycles. The molecule has 5 nitrogen and oxygen atoms in total. The average molecular weight is 272 g/mol. The van der Waals surface area contributed by atoms with Crippen molar-refractivity contribution in [3.63, 3.8) is 0 Å². The maximum atomic E-state index is 9.14. The van der Waals surface area contributed by atoms with Gasteiger partial charge in [0.1, 0.15) is 16.8 Å². The predicted octanol–water partition coefficient (Wildman–Crippen LogP) is 1.45. The van der Waals surface area contributed by atoms with Gasteiger partial charge in [-0.3, -0.25) is 0 Å². The van der Waals surface area contributed by atoms with Crippen molar-refractivity contribution in [2.24, 2.45) is 0 Å². The van der Waals surface area contributed by atoms with Gasteiger partial charge in [-0.05, 0) is 0 Å². The van der Waals surface area contributed by atoms with Gasteiger partial charge in [0.25, 0.3) is 0 Å². The summed E-state index contributed by atoms with van der Waals surface area (Å²) in [5, 5.41) is 9.60. The fraction of sp³-hybridized carbons (Fsp3) is 0.667. The minimum absolute atomic E-state index is 0.0202. The molecule has 0 saturated carbocycles. The van der Waals surface area contributed by atoms with Crippen molar-refractivity contribution in [3.05, 3.63) is 17.0 Å². The minimum Gasteiger partial charge on any atom is -0.394 e. The summed E-state index contributed by atoms with van der Waals surface area (Å²) in [6.45, 7) is 6.05. The Morgan fingerprint density at radius 1 is 1.56 bits per heavy atom. The fourth-order valence-electron chi connectivity index (χ4n) is 1.88. The first-order valence-corrected chi connectivity index (χ1v) is 6.50. The molecule has 1 N–H and O–H groups in total. The Morgan fingerprint density at radius 2 is 2.33 bits per heavy atom. The Balaban J connectivity index is 2.21. The minimum atomic E-state index is -0.157. The summed E-state index contributed by atoms with van der Waals surface area (Å²) in [6.07, 6.45) is -0.157. The zero-order valence-corrected chi connectivity index (χ0v) is 11.4. The molecule has 0 aliphatic carbocycles. The summed E-state index contributed by atoms with van der Waals surface area (Å²) in [5.74, 6) is 1.78. The third-order valence-corrected chi connectivity index (χ3v) is 3.08. The predicted molar refractivity (Wildman–Crippen MR) is 70.2 cm³/mol. The Bertz CT molecular complexity index is 414. The number of aliphatic hydroxyl groups is 1. The zero-order chi connectivity index (χ0) is 13.1. The van der Waals surface area contributed by atoms with Gasteiger partial charge in [-0.2, -0.15) is 0 Å². The molecule has 0 radical (unpaired) electrons. The zero-order valence-electron chi connectivity index (χ0n) is 10.6. The van der Waals surface area contributed by atoms with Crippen LogP contribution in [-0.4, -0.2) is 47.5 Å². The molecule has 1 fully saturated rings. The third-order valence-electron chi connectivity index (χ3n) is 2.88. The summed E-state index contributed by atoms with van der Waals surface area (Å²) in [4.78, 5) is 10.8. The van der Waals surface area contributed by atoms with Crippen LogP contribution in [0.1, 0.15) is 25.6 Å². The molecular formula is C12H18ClN3O2. The van der Waals surface area contributed by atoms with E-state index in [0.29, 0.717) is 18.3 Å². The molecule has 0 aromatic carbocycles. The molecular weight excluding hydrogens is 254 g/mol. The summed E-state index contributed by atoms with van der Waals surface area (Å²) in [5.41, 5.74) is 0. The molecule has 0 spiro atoms. The largest absolute Gasteiger partial charge is 0.394 e. The molecule has 1 aliphatic rings. The van der Waals surface area contributed by atoms with Crippen molar-refractivity contribution in [2.75, 3.05) is 31.2 Å². The van der Waals surface area contributed by atoms with Crippen LogP contribution in [0.4, 0.5) is 5.82 Å². The summed E-state index contributed by atoms with van der Waals surface area (Å²) >= 11 is 6.03. The molecule has 100 valence electrons. The van der Waals surface area contributed by atoms with Crippen molar-refractivity contribution < 1.29 is 9.84 Å². The Hall–Kier alpha value is -0.910. The second kappa shape index (κ2) is 5.82. The second-order valence-corrected chi connectivity index (χ2v) is 5.07. The van der Waals surface area contributed by atoms with Gasteiger partial charge in [-0.1, -0.05) is 25.4 Å². The van der Waals surface area contributed by atoms with Gasteiger partial charge < -0.3 is 14.7 Å². The van der Waals surface area contributed by atoms with Gasteiger partial charge in [-0.25, -0.2) is 9.97 Å². The van der Waals surface area contributed by atoms with Crippen molar-refractivity contribution in [3.8, 4) is 0 Å². The number of rotatable bonds is 3. The highest BCUT2D eigenvalue weighted by atomic mass is 35.5. The Morgan fingerprint density at radius 3 is 3.00 bits per heavy atom. The van der Waals surface area contributed by atoms with Crippen LogP contribution in [0, 0.1) is 0 Å². The van der Waals surface area contributed by atoms with E-state index in [2.05, 4.69) is 14.9 Å². The lowest BCUT2D eigenvalue weighted by molar-refractivity contribution is 0.00334. The summed E-state index contributed by atoms with van der Waals surface area (Å²) < 4.78 is 5.42. The highest BCUT2D eigenvalue weighted by molar-refractivity contribution is 6.29. The smallest absolute Gasteiger partial charge is 0.135 e. The molecule has 18 heavy (non-hydrogen) atoms. The van der Waals surface area contributed by atoms with E-state index in [1.807, 2.05) is 13.8 Å². The van der Waals surface area contributed by atoms with Crippen LogP contribution in [-0.2, 0) is 4.74 Å². The van der Waals surface area contributed by atoms with Crippen LogP contribution in [0.25, 0.3) is 0 Å². The number of morpholine rings is 1. The second-order valence-electron chi connectivity index (χ2n) is 4.68. The number of halogens is 1. The van der Waals surface area contributed by atoms with E-state index in [4.69, 9.17) is 21.4 Å². The van der Waals surface area contributed by atoms with E-state index in [9.17, 15) is 0 Å². The summed E-state index contributed by atoms with van der Waals surface area (Å²) in [7, 11) is 0. The number of aliphatic hydroxyl groups excluding tert-OH is 1. The van der Waals surface area contributed by atoms with Crippen molar-refractivity contribution >= 4 is 17.4 Å². The van der Waals surface area contributed by atoms with Crippen molar-refractivity contribution in [2.45, 2.75) is 25.9 Å². The Labute approximate surface area is 112 Å². The maximum Gasteiger partial charge on any atom is 0.135 e. The molecule has 2 rings (SSSR count). The SMILES string of the molecule is CC(C)c1nc(Cl)cc(N2CCOC(CO)C2)n1. The monoisotopic (exact) mass is 271 g/mol. The first-order chi connectivity index (χ1) is 8.60. The van der Waals surface area contributed by atoms with Crippen molar-refractivity contribution in [1.82, 2.24) is 9.97 Å². The van der Waals surface area contributed by atoms with Gasteiger partial charge in [0.05, 0.1) is 19.3 Å². The molecule has 1 unspecified atom stereocenters. The lowest BCUT2D eigenvalue weighted by atomic mass is 10.2. The molecule has 1 aromatic heterocycles. The van der Waals surface area contributed by atoms with Gasteiger partial charge in [-0.15, -0.1) is 0 Å². The van der Waals surface area contributed by atoms with E-state index in [0.717, 1.165) is 18.2 Å². The van der Waals surface area contributed by atoms with E-state index in [-0.39, 0.29) is 18.6 Å². The summed E-state index contributed by atoms with van der Waals surface area (Å²) in [6, 6.07) is 1.76. The van der Waals surface area contributed by atoms with Crippen LogP contribution >= 0.6 is 11.6 Å². The molecule has 1 saturated heterocycles. The third kappa shape index (κ3) is 3.10. The van der Waals surface area contributed by atoms with Gasteiger partial charge in [0.15, 0.2) is 0 Å². The van der Waals surface area contributed by atoms with Crippen LogP contribution in [0.5, 0.6) is 0 Å². The first-order valence-electron chi connectivity index (χ1n) is 6.12. The van der Waals surface area contributed by atoms with Crippen LogP contribution in [0.15, 0.2) is 6.07 Å². The van der Waals surface area contributed by atoms with Gasteiger partial charge >= 0.3 is 0 Å². The van der Waals surface area contributed by atoms with Gasteiger partial charge in [0, 0.05) is 25.1 Å². The maximum absolute atomic E-state index is 9.14. The Kier molecular flexibility index (Phi) is 4.37. The number of nitrogens with zero attached hydrogens (tertiary/aromatic N) is 3. The fourth-order valence-corrected chi connectivity index (χ4v) is 2.07. The number of hydrogen-bond donors (Lipinski definition) is 1. The average Bonchev–Trinajstić information content (AvgIpc) is 2.38. The van der Waals surface area contributed by atoms with E-state index in [1.54, 1.807) is 6.07 Å². The normalized spacial score (nSPS) is 20.5. The number of hydrogen-bond acceptors (Lipinski definition) is 5. The lowest BCUT2D eigenvalue weighted by Gasteiger charge is -2.33. The lowest BCUT2D eigenvalue weighted by Crippen LogP contribution is -2.44. The molecule has 0 bridgehead atoms.